The van der Waals surface area contributed by atoms with Crippen molar-refractivity contribution in [3.8, 4) is 11.8 Å². The van der Waals surface area contributed by atoms with Crippen molar-refractivity contribution in [3.63, 3.8) is 0 Å². The van der Waals surface area contributed by atoms with Crippen LogP contribution < -0.4 is 5.32 Å². The van der Waals surface area contributed by atoms with Crippen molar-refractivity contribution in [2.24, 2.45) is 0 Å². The SMILES string of the molecule is COC(=O)C(Cc1ccc(C#Cc2c(Cl)cccc2Cl)cc1)NC(=O)OC(C)(C)C. The smallest absolute Gasteiger partial charge is 0.408 e. The van der Waals surface area contributed by atoms with Crippen molar-refractivity contribution in [2.75, 3.05) is 7.11 Å². The summed E-state index contributed by atoms with van der Waals surface area (Å²) >= 11 is 12.3. The highest BCUT2D eigenvalue weighted by atomic mass is 35.5. The summed E-state index contributed by atoms with van der Waals surface area (Å²) in [6, 6.07) is 11.6. The molecule has 30 heavy (non-hydrogen) atoms. The van der Waals surface area contributed by atoms with E-state index in [2.05, 4.69) is 17.2 Å². The summed E-state index contributed by atoms with van der Waals surface area (Å²) in [6.07, 6.45) is -0.437. The number of benzene rings is 2. The molecule has 158 valence electrons. The van der Waals surface area contributed by atoms with Crippen LogP contribution in [-0.2, 0) is 20.7 Å². The third-order valence-electron chi connectivity index (χ3n) is 3.87. The normalized spacial score (nSPS) is 11.7. The molecule has 0 aliphatic rings. The summed E-state index contributed by atoms with van der Waals surface area (Å²) in [5.41, 5.74) is 1.47. The Bertz CT molecular complexity index is 949. The van der Waals surface area contributed by atoms with Crippen molar-refractivity contribution in [1.82, 2.24) is 5.32 Å². The molecule has 0 radical (unpaired) electrons. The third-order valence-corrected chi connectivity index (χ3v) is 4.49. The number of carbonyl (C=O) groups is 2. The highest BCUT2D eigenvalue weighted by Gasteiger charge is 2.25. The summed E-state index contributed by atoms with van der Waals surface area (Å²) in [7, 11) is 1.27. The number of methoxy groups -OCH3 is 1. The van der Waals surface area contributed by atoms with E-state index in [0.29, 0.717) is 15.6 Å². The zero-order valence-corrected chi connectivity index (χ0v) is 18.7. The average Bonchev–Trinajstić information content (AvgIpc) is 2.66. The van der Waals surface area contributed by atoms with Crippen LogP contribution in [0.5, 0.6) is 0 Å². The fourth-order valence-corrected chi connectivity index (χ4v) is 2.99. The molecular formula is C23H23Cl2NO4. The van der Waals surface area contributed by atoms with Gasteiger partial charge in [0, 0.05) is 12.0 Å². The molecule has 0 saturated heterocycles. The van der Waals surface area contributed by atoms with Crippen LogP contribution in [0.25, 0.3) is 0 Å². The molecule has 2 aromatic carbocycles. The number of hydrogen-bond donors (Lipinski definition) is 1. The van der Waals surface area contributed by atoms with Crippen molar-refractivity contribution in [2.45, 2.75) is 38.8 Å². The molecule has 2 rings (SSSR count). The first-order valence-electron chi connectivity index (χ1n) is 9.21. The Labute approximate surface area is 186 Å². The van der Waals surface area contributed by atoms with Gasteiger partial charge in [0.05, 0.1) is 22.7 Å². The first kappa shape index (κ1) is 23.6. The molecule has 1 unspecified atom stereocenters. The predicted molar refractivity (Wildman–Crippen MR) is 118 cm³/mol. The topological polar surface area (TPSA) is 64.6 Å². The van der Waals surface area contributed by atoms with E-state index in [1.165, 1.54) is 7.11 Å². The molecule has 0 aliphatic carbocycles. The minimum Gasteiger partial charge on any atom is -0.467 e. The van der Waals surface area contributed by atoms with E-state index in [9.17, 15) is 9.59 Å². The third kappa shape index (κ3) is 7.29. The Hall–Kier alpha value is -2.68. The standard InChI is InChI=1S/C23H23Cl2NO4/c1-23(2,3)30-22(28)26-20(21(27)29-4)14-16-10-8-15(9-11-16)12-13-17-18(24)6-5-7-19(17)25/h5-11,20H,14H2,1-4H3,(H,26,28). The van der Waals surface area contributed by atoms with Gasteiger partial charge in [-0.15, -0.1) is 0 Å². The number of amides is 1. The van der Waals surface area contributed by atoms with Gasteiger partial charge in [-0.2, -0.15) is 0 Å². The lowest BCUT2D eigenvalue weighted by Crippen LogP contribution is -2.45. The van der Waals surface area contributed by atoms with Crippen LogP contribution in [0.4, 0.5) is 4.79 Å². The molecule has 0 aliphatic heterocycles. The summed E-state index contributed by atoms with van der Waals surface area (Å²) in [4.78, 5) is 24.1. The van der Waals surface area contributed by atoms with Crippen LogP contribution >= 0.6 is 23.2 Å². The molecule has 5 nitrogen and oxygen atoms in total. The van der Waals surface area contributed by atoms with E-state index in [4.69, 9.17) is 32.7 Å². The maximum absolute atomic E-state index is 12.1. The lowest BCUT2D eigenvalue weighted by atomic mass is 10.0. The van der Waals surface area contributed by atoms with Crippen LogP contribution in [0.15, 0.2) is 42.5 Å². The van der Waals surface area contributed by atoms with Gasteiger partial charge in [0.25, 0.3) is 0 Å². The van der Waals surface area contributed by atoms with E-state index in [-0.39, 0.29) is 6.42 Å². The second-order valence-electron chi connectivity index (χ2n) is 7.47. The number of ether oxygens (including phenoxy) is 2. The van der Waals surface area contributed by atoms with E-state index >= 15 is 0 Å². The zero-order chi connectivity index (χ0) is 22.3. The zero-order valence-electron chi connectivity index (χ0n) is 17.2. The first-order chi connectivity index (χ1) is 14.1. The van der Waals surface area contributed by atoms with Crippen LogP contribution in [0.1, 0.15) is 37.5 Å². The predicted octanol–water partition coefficient (Wildman–Crippen LogP) is 5.00. The summed E-state index contributed by atoms with van der Waals surface area (Å²) in [5.74, 6) is 5.43. The van der Waals surface area contributed by atoms with E-state index < -0.39 is 23.7 Å². The molecule has 1 N–H and O–H groups in total. The van der Waals surface area contributed by atoms with Crippen molar-refractivity contribution < 1.29 is 19.1 Å². The Balaban J connectivity index is 2.11. The van der Waals surface area contributed by atoms with E-state index in [0.717, 1.165) is 11.1 Å². The van der Waals surface area contributed by atoms with Gasteiger partial charge < -0.3 is 14.8 Å². The minimum absolute atomic E-state index is 0.246. The highest BCUT2D eigenvalue weighted by Crippen LogP contribution is 2.23. The molecule has 0 saturated carbocycles. The summed E-state index contributed by atoms with van der Waals surface area (Å²) in [6.45, 7) is 5.24. The van der Waals surface area contributed by atoms with Gasteiger partial charge in [0.2, 0.25) is 0 Å². The van der Waals surface area contributed by atoms with Gasteiger partial charge in [-0.3, -0.25) is 0 Å². The number of hydrogen-bond acceptors (Lipinski definition) is 4. The van der Waals surface area contributed by atoms with Gasteiger partial charge in [-0.1, -0.05) is 53.2 Å². The van der Waals surface area contributed by atoms with Crippen molar-refractivity contribution >= 4 is 35.3 Å². The number of halogens is 2. The molecule has 0 spiro atoms. The van der Waals surface area contributed by atoms with Crippen LogP contribution in [0.2, 0.25) is 10.0 Å². The lowest BCUT2D eigenvalue weighted by Gasteiger charge is -2.22. The van der Waals surface area contributed by atoms with Crippen LogP contribution in [-0.4, -0.2) is 30.8 Å². The molecule has 0 heterocycles. The molecule has 1 amide bonds. The maximum atomic E-state index is 12.1. The van der Waals surface area contributed by atoms with Crippen molar-refractivity contribution in [1.29, 1.82) is 0 Å². The monoisotopic (exact) mass is 447 g/mol. The Kier molecular flexibility index (Phi) is 8.16. The minimum atomic E-state index is -0.872. The van der Waals surface area contributed by atoms with Gasteiger partial charge in [-0.25, -0.2) is 9.59 Å². The molecule has 0 bridgehead atoms. The Morgan fingerprint density at radius 1 is 1.03 bits per heavy atom. The molecule has 0 aromatic heterocycles. The fourth-order valence-electron chi connectivity index (χ4n) is 2.50. The number of rotatable bonds is 4. The van der Waals surface area contributed by atoms with Crippen molar-refractivity contribution in [3.05, 3.63) is 69.2 Å². The second kappa shape index (κ2) is 10.4. The largest absolute Gasteiger partial charge is 0.467 e. The van der Waals surface area contributed by atoms with Gasteiger partial charge in [0.1, 0.15) is 11.6 Å². The van der Waals surface area contributed by atoms with E-state index in [1.807, 2.05) is 24.3 Å². The highest BCUT2D eigenvalue weighted by molar-refractivity contribution is 6.36. The fraction of sp³-hybridized carbons (Fsp3) is 0.304. The van der Waals surface area contributed by atoms with Crippen LogP contribution in [0, 0.1) is 11.8 Å². The molecule has 7 heteroatoms. The Morgan fingerprint density at radius 3 is 2.17 bits per heavy atom. The second-order valence-corrected chi connectivity index (χ2v) is 8.28. The van der Waals surface area contributed by atoms with Gasteiger partial charge in [0.15, 0.2) is 0 Å². The summed E-state index contributed by atoms with van der Waals surface area (Å²) in [5, 5.41) is 3.53. The number of esters is 1. The molecule has 0 fully saturated rings. The average molecular weight is 448 g/mol. The number of alkyl carbamates (subject to hydrolysis) is 1. The lowest BCUT2D eigenvalue weighted by molar-refractivity contribution is -0.143. The molecule has 2 aromatic rings. The first-order valence-corrected chi connectivity index (χ1v) is 9.97. The van der Waals surface area contributed by atoms with E-state index in [1.54, 1.807) is 39.0 Å². The number of nitrogens with one attached hydrogen (secondary N) is 1. The molecular weight excluding hydrogens is 425 g/mol. The van der Waals surface area contributed by atoms with Crippen LogP contribution in [0.3, 0.4) is 0 Å². The Morgan fingerprint density at radius 2 is 1.63 bits per heavy atom. The summed E-state index contributed by atoms with van der Waals surface area (Å²) < 4.78 is 10.0. The van der Waals surface area contributed by atoms with Gasteiger partial charge >= 0.3 is 12.1 Å². The molecule has 1 atom stereocenters. The number of carbonyl (C=O) groups excluding carboxylic acids is 2. The maximum Gasteiger partial charge on any atom is 0.408 e. The quantitative estimate of drug-likeness (QED) is 0.528. The van der Waals surface area contributed by atoms with Gasteiger partial charge in [-0.05, 0) is 50.6 Å².